The maximum absolute atomic E-state index is 5.52. The number of hydrogen-bond acceptors (Lipinski definition) is 2. The van der Waals surface area contributed by atoms with E-state index in [1.807, 2.05) is 0 Å². The molecule has 0 radical (unpaired) electrons. The molecule has 1 atom stereocenters. The summed E-state index contributed by atoms with van der Waals surface area (Å²) in [5.41, 5.74) is 8.35. The summed E-state index contributed by atoms with van der Waals surface area (Å²) >= 11 is 1.71. The molecular weight excluding hydrogens is 749 g/mol. The molecule has 4 aromatic carbocycles. The third-order valence-electron chi connectivity index (χ3n) is 6.91. The predicted octanol–water partition coefficient (Wildman–Crippen LogP) is 12.2. The zero-order valence-electron chi connectivity index (χ0n) is 29.5. The number of thiazole rings is 1. The van der Waals surface area contributed by atoms with Crippen molar-refractivity contribution in [2.24, 2.45) is 0 Å². The molecule has 1 unspecified atom stereocenters. The van der Waals surface area contributed by atoms with Gasteiger partial charge in [-0.25, -0.2) is 4.98 Å². The third-order valence-corrected chi connectivity index (χ3v) is 7.80. The van der Waals surface area contributed by atoms with Gasteiger partial charge in [-0.3, -0.25) is 0 Å². The summed E-state index contributed by atoms with van der Waals surface area (Å²) < 4.78 is 0. The molecule has 1 heterocycles. The summed E-state index contributed by atoms with van der Waals surface area (Å²) in [7, 11) is 10.5. The topological polar surface area (TPSA) is 69.3 Å². The van der Waals surface area contributed by atoms with E-state index in [0.29, 0.717) is 11.8 Å². The zero-order chi connectivity index (χ0) is 33.4. The van der Waals surface area contributed by atoms with E-state index < -0.39 is 0 Å². The van der Waals surface area contributed by atoms with Crippen LogP contribution in [0.2, 0.25) is 0 Å². The van der Waals surface area contributed by atoms with E-state index >= 15 is 0 Å². The van der Waals surface area contributed by atoms with Gasteiger partial charge in [0.25, 0.3) is 0 Å². The molecule has 0 N–H and O–H groups in total. The van der Waals surface area contributed by atoms with Crippen LogP contribution in [0.15, 0.2) is 90.3 Å². The summed E-state index contributed by atoms with van der Waals surface area (Å²) in [6.07, 6.45) is 0. The molecule has 242 valence electrons. The first kappa shape index (κ1) is 41.3. The molecule has 5 rings (SSSR count). The van der Waals surface area contributed by atoms with Crippen molar-refractivity contribution in [3.05, 3.63) is 139 Å². The first-order valence-corrected chi connectivity index (χ1v) is 16.3. The molecule has 0 spiro atoms. The zero-order valence-corrected chi connectivity index (χ0v) is 33.9. The molecule has 0 amide bonds. The van der Waals surface area contributed by atoms with Gasteiger partial charge in [0.05, 0.1) is 10.7 Å². The summed E-state index contributed by atoms with van der Waals surface area (Å²) in [5, 5.41) is 21.7. The van der Waals surface area contributed by atoms with Crippen LogP contribution in [0.3, 0.4) is 0 Å². The average molecular weight is 800 g/mol. The fraction of sp³-hybridized carbons (Fsp3) is 0.359. The second-order valence-electron chi connectivity index (χ2n) is 11.4. The second-order valence-corrected chi connectivity index (χ2v) is 12.3. The van der Waals surface area contributed by atoms with Crippen LogP contribution in [-0.2, 0) is 25.8 Å². The number of hydrogen-bond donors (Lipinski definition) is 0. The normalized spacial score (nSPS) is 10.9. The van der Waals surface area contributed by atoms with Gasteiger partial charge < -0.3 is 21.3 Å². The molecule has 0 bridgehead atoms. The molecule has 0 aliphatic rings. The van der Waals surface area contributed by atoms with Crippen molar-refractivity contribution >= 4 is 27.8 Å². The van der Waals surface area contributed by atoms with Crippen molar-refractivity contribution in [3.8, 4) is 11.3 Å². The first-order chi connectivity index (χ1) is 21.7. The Morgan fingerprint density at radius 2 is 1.09 bits per heavy atom. The average Bonchev–Trinajstić information content (AvgIpc) is 3.51. The minimum absolute atomic E-state index is 0. The fourth-order valence-corrected chi connectivity index (χ4v) is 5.80. The summed E-state index contributed by atoms with van der Waals surface area (Å²) in [5.74, 6) is 0.782. The van der Waals surface area contributed by atoms with Crippen LogP contribution in [-0.4, -0.2) is 47.3 Å². The standard InChI is InChI=1S/C33H33N2S.3C2H6N.Hf/c1-21(2)25-17-11-18-26(22(3)4)31(25)35-32(27-15-8-6-12-23(27)5)33-34-30(20-36-33)29-19-10-14-24-13-7-9-16-28(24)29;3*1-3-2;/h6-22,32H,1-5H3;3*1-2H3;/q4*-1;+4. The van der Waals surface area contributed by atoms with Crippen molar-refractivity contribution in [3.63, 3.8) is 0 Å². The molecule has 0 saturated carbocycles. The van der Waals surface area contributed by atoms with Gasteiger partial charge in [0.15, 0.2) is 0 Å². The van der Waals surface area contributed by atoms with Gasteiger partial charge in [0, 0.05) is 10.9 Å². The Labute approximate surface area is 301 Å². The Hall–Kier alpha value is -2.68. The van der Waals surface area contributed by atoms with Crippen molar-refractivity contribution in [2.75, 3.05) is 42.3 Å². The second kappa shape index (κ2) is 22.0. The van der Waals surface area contributed by atoms with E-state index in [1.165, 1.54) is 38.6 Å². The smallest absolute Gasteiger partial charge is 0.672 e. The van der Waals surface area contributed by atoms with Crippen molar-refractivity contribution in [1.82, 2.24) is 4.98 Å². The monoisotopic (exact) mass is 801 g/mol. The number of rotatable bonds is 7. The summed E-state index contributed by atoms with van der Waals surface area (Å²) in [4.78, 5) is 5.22. The van der Waals surface area contributed by atoms with Gasteiger partial charge in [-0.05, 0) is 41.1 Å². The van der Waals surface area contributed by atoms with Gasteiger partial charge in [0.1, 0.15) is 0 Å². The minimum Gasteiger partial charge on any atom is -0.672 e. The number of nitrogens with zero attached hydrogens (tertiary/aromatic N) is 5. The van der Waals surface area contributed by atoms with Crippen LogP contribution in [0.4, 0.5) is 5.69 Å². The third kappa shape index (κ3) is 11.5. The first-order valence-electron chi connectivity index (χ1n) is 15.4. The number of benzene rings is 4. The van der Waals surface area contributed by atoms with Crippen LogP contribution < -0.4 is 0 Å². The maximum atomic E-state index is 5.52. The number of aryl methyl sites for hydroxylation is 1. The maximum Gasteiger partial charge on any atom is 4.00 e. The van der Waals surface area contributed by atoms with E-state index in [1.54, 1.807) is 53.6 Å². The van der Waals surface area contributed by atoms with Crippen molar-refractivity contribution < 1.29 is 25.8 Å². The largest absolute Gasteiger partial charge is 4.00 e. The molecule has 5 nitrogen and oxygen atoms in total. The van der Waals surface area contributed by atoms with E-state index in [0.717, 1.165) is 16.4 Å². The Balaban J connectivity index is 0.000000952. The van der Waals surface area contributed by atoms with Crippen LogP contribution in [0.25, 0.3) is 43.3 Å². The van der Waals surface area contributed by atoms with Crippen molar-refractivity contribution in [2.45, 2.75) is 52.5 Å². The molecule has 46 heavy (non-hydrogen) atoms. The van der Waals surface area contributed by atoms with Gasteiger partial charge in [-0.2, -0.15) is 42.3 Å². The van der Waals surface area contributed by atoms with Crippen LogP contribution in [0, 0.1) is 6.92 Å². The number of para-hydroxylation sites is 1. The SMILES string of the molecule is C[N-]C.C[N-]C.C[N-]C.Cc1ccccc1C([N-]c1c(C(C)C)cccc1C(C)C)c1nc(-c2cccc3ccccc23)cs1.[Hf+4]. The van der Waals surface area contributed by atoms with E-state index in [4.69, 9.17) is 10.3 Å². The Morgan fingerprint density at radius 1 is 0.609 bits per heavy atom. The van der Waals surface area contributed by atoms with E-state index in [2.05, 4.69) is 141 Å². The molecule has 7 heteroatoms. The summed E-state index contributed by atoms with van der Waals surface area (Å²) in [6.45, 7) is 11.2. The van der Waals surface area contributed by atoms with Gasteiger partial charge in [-0.15, -0.1) is 17.0 Å². The minimum atomic E-state index is -0.155. The van der Waals surface area contributed by atoms with E-state index in [-0.39, 0.29) is 31.9 Å². The molecule has 1 aromatic heterocycles. The van der Waals surface area contributed by atoms with Crippen LogP contribution in [0.5, 0.6) is 0 Å². The predicted molar refractivity (Wildman–Crippen MR) is 201 cm³/mol. The molecule has 0 aliphatic heterocycles. The quantitative estimate of drug-likeness (QED) is 0.151. The molecule has 0 aliphatic carbocycles. The molecule has 0 saturated heterocycles. The molecule has 0 fully saturated rings. The van der Waals surface area contributed by atoms with E-state index in [9.17, 15) is 0 Å². The fourth-order valence-electron chi connectivity index (χ4n) is 4.93. The Morgan fingerprint density at radius 3 is 1.65 bits per heavy atom. The number of aromatic nitrogens is 1. The Bertz CT molecular complexity index is 1530. The van der Waals surface area contributed by atoms with Gasteiger partial charge in [0.2, 0.25) is 0 Å². The van der Waals surface area contributed by atoms with Crippen molar-refractivity contribution in [1.29, 1.82) is 0 Å². The van der Waals surface area contributed by atoms with Gasteiger partial charge in [-0.1, -0.05) is 129 Å². The number of fused-ring (bicyclic) bond motifs is 1. The van der Waals surface area contributed by atoms with Crippen LogP contribution >= 0.6 is 11.3 Å². The molecule has 5 aromatic rings. The Kier molecular flexibility index (Phi) is 19.8. The molecular formula is C39H51HfN5S. The summed E-state index contributed by atoms with van der Waals surface area (Å²) in [6, 6.07) is 30.0. The van der Waals surface area contributed by atoms with Gasteiger partial charge >= 0.3 is 25.8 Å². The van der Waals surface area contributed by atoms with Crippen LogP contribution in [0.1, 0.15) is 72.8 Å².